The summed E-state index contributed by atoms with van der Waals surface area (Å²) in [7, 11) is 1.61. The zero-order valence-corrected chi connectivity index (χ0v) is 19.1. The molecule has 1 fully saturated rings. The average molecular weight is 446 g/mol. The smallest absolute Gasteiger partial charge is 0.274 e. The van der Waals surface area contributed by atoms with E-state index in [9.17, 15) is 9.59 Å². The van der Waals surface area contributed by atoms with E-state index in [0.717, 1.165) is 60.7 Å². The largest absolute Gasteiger partial charge is 0.368 e. The van der Waals surface area contributed by atoms with Crippen molar-refractivity contribution in [3.05, 3.63) is 69.4 Å². The van der Waals surface area contributed by atoms with Crippen LogP contribution < -0.4 is 15.8 Å². The van der Waals surface area contributed by atoms with Crippen LogP contribution in [0, 0.1) is 13.8 Å². The summed E-state index contributed by atoms with van der Waals surface area (Å²) in [6.45, 7) is 8.44. The molecule has 1 saturated heterocycles. The monoisotopic (exact) mass is 445 g/mol. The minimum Gasteiger partial charge on any atom is -0.368 e. The van der Waals surface area contributed by atoms with Crippen molar-refractivity contribution in [2.75, 3.05) is 38.1 Å². The van der Waals surface area contributed by atoms with E-state index < -0.39 is 0 Å². The number of aromatic nitrogens is 4. The van der Waals surface area contributed by atoms with Gasteiger partial charge in [-0.3, -0.25) is 14.5 Å². The van der Waals surface area contributed by atoms with Gasteiger partial charge in [0.2, 0.25) is 0 Å². The number of nitrogens with one attached hydrogen (secondary N) is 2. The second-order valence-electron chi connectivity index (χ2n) is 8.53. The Bertz CT molecular complexity index is 1410. The highest BCUT2D eigenvalue weighted by Crippen LogP contribution is 2.23. The maximum atomic E-state index is 12.4. The molecule has 2 N–H and O–H groups in total. The van der Waals surface area contributed by atoms with E-state index in [2.05, 4.69) is 49.2 Å². The van der Waals surface area contributed by atoms with Gasteiger partial charge in [0.15, 0.2) is 0 Å². The first-order valence-corrected chi connectivity index (χ1v) is 11.1. The number of carbonyl (C=O) groups excluding carboxylic acids is 1. The van der Waals surface area contributed by atoms with Crippen LogP contribution in [0.2, 0.25) is 0 Å². The standard InChI is InChI=1S/C24H27N7O2/c1-15-12-17(13-19-22(15)31-21(6-7-26-31)24(33)28-19)14-29-8-10-30(11-9-29)20-5-4-18(23(32)25-3)27-16(20)2/h4-7,12-13H,8-11,14H2,1-3H3,(H,25,32)(H,28,33). The second kappa shape index (κ2) is 8.32. The molecule has 0 aliphatic carbocycles. The van der Waals surface area contributed by atoms with Crippen LogP contribution in [0.25, 0.3) is 16.6 Å². The van der Waals surface area contributed by atoms with Crippen LogP contribution in [0.15, 0.2) is 41.3 Å². The number of rotatable bonds is 4. The van der Waals surface area contributed by atoms with Crippen LogP contribution in [-0.4, -0.2) is 63.6 Å². The number of fused-ring (bicyclic) bond motifs is 3. The van der Waals surface area contributed by atoms with E-state index in [-0.39, 0.29) is 11.5 Å². The number of anilines is 1. The zero-order chi connectivity index (χ0) is 23.1. The fraction of sp³-hybridized carbons (Fsp3) is 0.333. The van der Waals surface area contributed by atoms with Crippen molar-refractivity contribution in [2.45, 2.75) is 20.4 Å². The Morgan fingerprint density at radius 2 is 1.91 bits per heavy atom. The molecule has 0 spiro atoms. The Balaban J connectivity index is 1.31. The van der Waals surface area contributed by atoms with Gasteiger partial charge in [-0.2, -0.15) is 5.10 Å². The predicted octanol–water partition coefficient (Wildman–Crippen LogP) is 1.87. The minimum absolute atomic E-state index is 0.128. The number of H-pyrrole nitrogens is 1. The molecule has 4 heterocycles. The van der Waals surface area contributed by atoms with E-state index in [4.69, 9.17) is 0 Å². The van der Waals surface area contributed by atoms with E-state index >= 15 is 0 Å². The molecule has 1 aromatic carbocycles. The van der Waals surface area contributed by atoms with Crippen molar-refractivity contribution >= 4 is 28.1 Å². The highest BCUT2D eigenvalue weighted by atomic mass is 16.1. The first-order chi connectivity index (χ1) is 15.9. The van der Waals surface area contributed by atoms with Crippen molar-refractivity contribution < 1.29 is 4.79 Å². The molecule has 9 heteroatoms. The summed E-state index contributed by atoms with van der Waals surface area (Å²) >= 11 is 0. The van der Waals surface area contributed by atoms with E-state index in [1.54, 1.807) is 29.9 Å². The lowest BCUT2D eigenvalue weighted by atomic mass is 10.1. The minimum atomic E-state index is -0.171. The lowest BCUT2D eigenvalue weighted by Crippen LogP contribution is -2.46. The van der Waals surface area contributed by atoms with Crippen molar-refractivity contribution in [2.24, 2.45) is 0 Å². The maximum Gasteiger partial charge on any atom is 0.274 e. The summed E-state index contributed by atoms with van der Waals surface area (Å²) in [4.78, 5) is 36.4. The van der Waals surface area contributed by atoms with Gasteiger partial charge in [-0.05, 0) is 49.2 Å². The summed E-state index contributed by atoms with van der Waals surface area (Å²) in [6, 6.07) is 9.74. The molecule has 33 heavy (non-hydrogen) atoms. The number of nitrogens with zero attached hydrogens (tertiary/aromatic N) is 5. The summed E-state index contributed by atoms with van der Waals surface area (Å²) in [6.07, 6.45) is 1.65. The van der Waals surface area contributed by atoms with Gasteiger partial charge in [0.05, 0.1) is 28.6 Å². The molecule has 1 amide bonds. The number of benzene rings is 1. The number of aryl methyl sites for hydroxylation is 2. The quantitative estimate of drug-likeness (QED) is 0.498. The van der Waals surface area contributed by atoms with Crippen LogP contribution in [0.3, 0.4) is 0 Å². The number of hydrogen-bond donors (Lipinski definition) is 2. The van der Waals surface area contributed by atoms with Gasteiger partial charge in [-0.15, -0.1) is 0 Å². The molecule has 1 aliphatic rings. The van der Waals surface area contributed by atoms with Gasteiger partial charge >= 0.3 is 0 Å². The average Bonchev–Trinajstić information content (AvgIpc) is 3.29. The van der Waals surface area contributed by atoms with Gasteiger partial charge in [-0.1, -0.05) is 6.07 Å². The SMILES string of the molecule is CNC(=O)c1ccc(N2CCN(Cc3cc(C)c4c(c3)[nH]c(=O)c3ccnn34)CC2)c(C)n1. The van der Waals surface area contributed by atoms with Gasteiger partial charge in [-0.25, -0.2) is 9.50 Å². The fourth-order valence-corrected chi connectivity index (χ4v) is 4.71. The number of carbonyl (C=O) groups is 1. The van der Waals surface area contributed by atoms with Crippen LogP contribution >= 0.6 is 0 Å². The highest BCUT2D eigenvalue weighted by Gasteiger charge is 2.20. The Labute approximate surface area is 191 Å². The van der Waals surface area contributed by atoms with Crippen molar-refractivity contribution in [3.8, 4) is 0 Å². The summed E-state index contributed by atoms with van der Waals surface area (Å²) in [5.74, 6) is -0.171. The molecule has 0 radical (unpaired) electrons. The Hall–Kier alpha value is -3.72. The lowest BCUT2D eigenvalue weighted by Gasteiger charge is -2.36. The van der Waals surface area contributed by atoms with Crippen LogP contribution in [0.5, 0.6) is 0 Å². The third-order valence-electron chi connectivity index (χ3n) is 6.33. The lowest BCUT2D eigenvalue weighted by molar-refractivity contribution is 0.0958. The molecular formula is C24H27N7O2. The summed E-state index contributed by atoms with van der Waals surface area (Å²) < 4.78 is 1.72. The number of aromatic amines is 1. The number of pyridine rings is 1. The molecule has 5 rings (SSSR count). The normalized spacial score (nSPS) is 14.8. The van der Waals surface area contributed by atoms with Crippen molar-refractivity contribution in [1.82, 2.24) is 29.8 Å². The summed E-state index contributed by atoms with van der Waals surface area (Å²) in [5, 5.41) is 6.95. The number of hydrogen-bond acceptors (Lipinski definition) is 6. The van der Waals surface area contributed by atoms with Crippen molar-refractivity contribution in [3.63, 3.8) is 0 Å². The predicted molar refractivity (Wildman–Crippen MR) is 128 cm³/mol. The molecule has 170 valence electrons. The maximum absolute atomic E-state index is 12.4. The van der Waals surface area contributed by atoms with Gasteiger partial charge in [0.1, 0.15) is 11.2 Å². The Morgan fingerprint density at radius 3 is 2.64 bits per heavy atom. The third kappa shape index (κ3) is 3.84. The molecule has 0 unspecified atom stereocenters. The van der Waals surface area contributed by atoms with Crippen molar-refractivity contribution in [1.29, 1.82) is 0 Å². The van der Waals surface area contributed by atoms with E-state index in [1.807, 2.05) is 13.0 Å². The van der Waals surface area contributed by atoms with Gasteiger partial charge < -0.3 is 15.2 Å². The molecule has 3 aromatic heterocycles. The van der Waals surface area contributed by atoms with Crippen LogP contribution in [0.4, 0.5) is 5.69 Å². The van der Waals surface area contributed by atoms with E-state index in [1.165, 1.54) is 5.56 Å². The molecule has 4 aromatic rings. The Morgan fingerprint density at radius 1 is 1.12 bits per heavy atom. The zero-order valence-electron chi connectivity index (χ0n) is 19.1. The van der Waals surface area contributed by atoms with Crippen LogP contribution in [0.1, 0.15) is 27.3 Å². The topological polar surface area (TPSA) is 98.6 Å². The first kappa shape index (κ1) is 21.1. The van der Waals surface area contributed by atoms with E-state index in [0.29, 0.717) is 11.2 Å². The highest BCUT2D eigenvalue weighted by molar-refractivity contribution is 5.92. The van der Waals surface area contributed by atoms with Gasteiger partial charge in [0.25, 0.3) is 11.5 Å². The molecule has 0 saturated carbocycles. The molecule has 0 atom stereocenters. The molecule has 9 nitrogen and oxygen atoms in total. The number of amides is 1. The second-order valence-corrected chi connectivity index (χ2v) is 8.53. The third-order valence-corrected chi connectivity index (χ3v) is 6.33. The molecule has 1 aliphatic heterocycles. The molecular weight excluding hydrogens is 418 g/mol. The van der Waals surface area contributed by atoms with Gasteiger partial charge in [0, 0.05) is 39.8 Å². The number of piperazine rings is 1. The fourth-order valence-electron chi connectivity index (χ4n) is 4.71. The summed E-state index contributed by atoms with van der Waals surface area (Å²) in [5.41, 5.74) is 6.81. The Kier molecular flexibility index (Phi) is 5.33. The first-order valence-electron chi connectivity index (χ1n) is 11.1. The van der Waals surface area contributed by atoms with Crippen LogP contribution in [-0.2, 0) is 6.54 Å². The molecule has 0 bridgehead atoms.